The van der Waals surface area contributed by atoms with E-state index in [4.69, 9.17) is 0 Å². The molecule has 2 aliphatic heterocycles. The van der Waals surface area contributed by atoms with Crippen LogP contribution < -0.4 is 5.32 Å². The van der Waals surface area contributed by atoms with Gasteiger partial charge in [-0.2, -0.15) is 0 Å². The number of amides is 1. The van der Waals surface area contributed by atoms with Crippen molar-refractivity contribution in [2.75, 3.05) is 13.1 Å². The van der Waals surface area contributed by atoms with Crippen molar-refractivity contribution in [3.63, 3.8) is 0 Å². The zero-order valence-corrected chi connectivity index (χ0v) is 16.5. The van der Waals surface area contributed by atoms with E-state index in [9.17, 15) is 4.79 Å². The molecule has 1 N–H and O–H groups in total. The molecular formula is C23H25N5O. The Hall–Kier alpha value is -2.73. The lowest BCUT2D eigenvalue weighted by Gasteiger charge is -2.45. The van der Waals surface area contributed by atoms with Crippen LogP contribution in [0.3, 0.4) is 0 Å². The van der Waals surface area contributed by atoms with Crippen LogP contribution in [-0.4, -0.2) is 43.8 Å². The topological polar surface area (TPSA) is 62.5 Å². The molecule has 2 aromatic heterocycles. The van der Waals surface area contributed by atoms with E-state index in [1.54, 1.807) is 0 Å². The van der Waals surface area contributed by atoms with Gasteiger partial charge in [-0.05, 0) is 54.7 Å². The Morgan fingerprint density at radius 1 is 1.10 bits per heavy atom. The summed E-state index contributed by atoms with van der Waals surface area (Å²) in [7, 11) is 0. The van der Waals surface area contributed by atoms with Gasteiger partial charge in [-0.25, -0.2) is 9.97 Å². The van der Waals surface area contributed by atoms with Crippen molar-refractivity contribution in [3.05, 3.63) is 65.2 Å². The van der Waals surface area contributed by atoms with Gasteiger partial charge in [0.25, 0.3) is 5.91 Å². The number of fused-ring (bicyclic) bond motifs is 2. The number of benzene rings is 1. The van der Waals surface area contributed by atoms with E-state index in [0.29, 0.717) is 17.4 Å². The molecule has 2 fully saturated rings. The number of imidazole rings is 1. The Kier molecular flexibility index (Phi) is 3.78. The SMILES string of the molecule is O=C(c1cn2cc(C3CC3)cnc2n1)N1CCC2(CC1)Cc1ccccc1CN2. The first kappa shape index (κ1) is 17.2. The molecule has 1 spiro atoms. The Bertz CT molecular complexity index is 1090. The first-order valence-corrected chi connectivity index (χ1v) is 10.6. The maximum Gasteiger partial charge on any atom is 0.274 e. The van der Waals surface area contributed by atoms with E-state index in [1.165, 1.54) is 29.5 Å². The highest BCUT2D eigenvalue weighted by atomic mass is 16.2. The van der Waals surface area contributed by atoms with E-state index in [1.807, 2.05) is 21.7 Å². The van der Waals surface area contributed by atoms with E-state index in [-0.39, 0.29) is 11.4 Å². The van der Waals surface area contributed by atoms with E-state index >= 15 is 0 Å². The van der Waals surface area contributed by atoms with Crippen molar-refractivity contribution < 1.29 is 4.79 Å². The monoisotopic (exact) mass is 387 g/mol. The van der Waals surface area contributed by atoms with Crippen LogP contribution in [0.25, 0.3) is 5.78 Å². The van der Waals surface area contributed by atoms with Crippen molar-refractivity contribution >= 4 is 11.7 Å². The fourth-order valence-corrected chi connectivity index (χ4v) is 4.90. The summed E-state index contributed by atoms with van der Waals surface area (Å²) in [6.07, 6.45) is 11.3. The fraction of sp³-hybridized carbons (Fsp3) is 0.435. The van der Waals surface area contributed by atoms with Gasteiger partial charge < -0.3 is 10.2 Å². The molecule has 3 aliphatic rings. The Balaban J connectivity index is 1.17. The summed E-state index contributed by atoms with van der Waals surface area (Å²) in [5.41, 5.74) is 4.72. The van der Waals surface area contributed by atoms with Gasteiger partial charge in [0.2, 0.25) is 5.78 Å². The predicted octanol–water partition coefficient (Wildman–Crippen LogP) is 2.93. The van der Waals surface area contributed by atoms with Gasteiger partial charge in [0.15, 0.2) is 0 Å². The molecule has 0 atom stereocenters. The standard InChI is InChI=1S/C23H25N5O/c29-21(20-15-28-14-19(16-5-6-16)12-24-22(28)26-20)27-9-7-23(8-10-27)11-17-3-1-2-4-18(17)13-25-23/h1-4,12,14-16,25H,5-11,13H2. The average molecular weight is 387 g/mol. The zero-order valence-electron chi connectivity index (χ0n) is 16.5. The van der Waals surface area contributed by atoms with Crippen LogP contribution in [0.2, 0.25) is 0 Å². The van der Waals surface area contributed by atoms with Gasteiger partial charge >= 0.3 is 0 Å². The van der Waals surface area contributed by atoms with Crippen molar-refractivity contribution in [1.82, 2.24) is 24.6 Å². The summed E-state index contributed by atoms with van der Waals surface area (Å²) in [4.78, 5) is 24.0. The van der Waals surface area contributed by atoms with Crippen molar-refractivity contribution in [1.29, 1.82) is 0 Å². The Morgan fingerprint density at radius 2 is 1.90 bits per heavy atom. The summed E-state index contributed by atoms with van der Waals surface area (Å²) >= 11 is 0. The molecule has 29 heavy (non-hydrogen) atoms. The number of piperidine rings is 1. The molecule has 1 aliphatic carbocycles. The van der Waals surface area contributed by atoms with Crippen LogP contribution in [-0.2, 0) is 13.0 Å². The second-order valence-electron chi connectivity index (χ2n) is 8.87. The molecule has 0 unspecified atom stereocenters. The number of nitrogens with zero attached hydrogens (tertiary/aromatic N) is 4. The molecule has 3 aromatic rings. The molecule has 1 amide bonds. The molecule has 4 heterocycles. The van der Waals surface area contributed by atoms with Crippen LogP contribution >= 0.6 is 0 Å². The fourth-order valence-electron chi connectivity index (χ4n) is 4.90. The number of carbonyl (C=O) groups excluding carboxylic acids is 1. The number of hydrogen-bond donors (Lipinski definition) is 1. The van der Waals surface area contributed by atoms with Gasteiger partial charge in [-0.15, -0.1) is 0 Å². The van der Waals surface area contributed by atoms with E-state index < -0.39 is 0 Å². The minimum Gasteiger partial charge on any atom is -0.337 e. The van der Waals surface area contributed by atoms with Crippen LogP contribution in [0.1, 0.15) is 58.8 Å². The third-order valence-electron chi connectivity index (χ3n) is 6.91. The van der Waals surface area contributed by atoms with E-state index in [2.05, 4.69) is 45.7 Å². The summed E-state index contributed by atoms with van der Waals surface area (Å²) in [5.74, 6) is 1.27. The molecule has 1 aromatic carbocycles. The lowest BCUT2D eigenvalue weighted by atomic mass is 9.78. The van der Waals surface area contributed by atoms with Gasteiger partial charge in [-0.1, -0.05) is 24.3 Å². The Labute approximate surface area is 170 Å². The molecular weight excluding hydrogens is 362 g/mol. The lowest BCUT2D eigenvalue weighted by Crippen LogP contribution is -2.57. The first-order valence-electron chi connectivity index (χ1n) is 10.6. The van der Waals surface area contributed by atoms with Crippen LogP contribution in [0.5, 0.6) is 0 Å². The number of carbonyl (C=O) groups is 1. The molecule has 0 bridgehead atoms. The molecule has 6 heteroatoms. The predicted molar refractivity (Wildman–Crippen MR) is 110 cm³/mol. The highest BCUT2D eigenvalue weighted by Gasteiger charge is 2.38. The summed E-state index contributed by atoms with van der Waals surface area (Å²) < 4.78 is 1.91. The number of hydrogen-bond acceptors (Lipinski definition) is 4. The lowest BCUT2D eigenvalue weighted by molar-refractivity contribution is 0.0626. The van der Waals surface area contributed by atoms with Crippen LogP contribution in [0, 0.1) is 0 Å². The Morgan fingerprint density at radius 3 is 2.69 bits per heavy atom. The first-order chi connectivity index (χ1) is 14.2. The quantitative estimate of drug-likeness (QED) is 0.734. The summed E-state index contributed by atoms with van der Waals surface area (Å²) in [6.45, 7) is 2.46. The average Bonchev–Trinajstić information content (AvgIpc) is 3.52. The summed E-state index contributed by atoms with van der Waals surface area (Å²) in [6, 6.07) is 8.69. The second kappa shape index (κ2) is 6.39. The highest BCUT2D eigenvalue weighted by molar-refractivity contribution is 5.92. The zero-order chi connectivity index (χ0) is 19.4. The number of likely N-dealkylation sites (tertiary alicyclic amines) is 1. The minimum atomic E-state index is 0.0227. The number of aromatic nitrogens is 3. The normalized spacial score (nSPS) is 20.8. The third-order valence-corrected chi connectivity index (χ3v) is 6.91. The second-order valence-corrected chi connectivity index (χ2v) is 8.87. The van der Waals surface area contributed by atoms with Gasteiger partial charge in [0.05, 0.1) is 0 Å². The highest BCUT2D eigenvalue weighted by Crippen LogP contribution is 2.39. The van der Waals surface area contributed by atoms with E-state index in [0.717, 1.165) is 38.9 Å². The smallest absolute Gasteiger partial charge is 0.274 e. The number of rotatable bonds is 2. The molecule has 0 radical (unpaired) electrons. The largest absolute Gasteiger partial charge is 0.337 e. The third kappa shape index (κ3) is 3.02. The van der Waals surface area contributed by atoms with Crippen LogP contribution in [0.15, 0.2) is 42.9 Å². The molecule has 6 rings (SSSR count). The molecule has 1 saturated carbocycles. The van der Waals surface area contributed by atoms with Gasteiger partial charge in [0, 0.05) is 43.8 Å². The van der Waals surface area contributed by atoms with Crippen molar-refractivity contribution in [2.24, 2.45) is 0 Å². The van der Waals surface area contributed by atoms with Crippen molar-refractivity contribution in [2.45, 2.75) is 50.1 Å². The van der Waals surface area contributed by atoms with Crippen molar-refractivity contribution in [3.8, 4) is 0 Å². The maximum absolute atomic E-state index is 13.1. The molecule has 148 valence electrons. The summed E-state index contributed by atoms with van der Waals surface area (Å²) in [5, 5.41) is 3.77. The van der Waals surface area contributed by atoms with Gasteiger partial charge in [0.1, 0.15) is 5.69 Å². The minimum absolute atomic E-state index is 0.0227. The maximum atomic E-state index is 13.1. The molecule has 1 saturated heterocycles. The number of nitrogens with one attached hydrogen (secondary N) is 1. The van der Waals surface area contributed by atoms with Crippen LogP contribution in [0.4, 0.5) is 0 Å². The van der Waals surface area contributed by atoms with Gasteiger partial charge in [-0.3, -0.25) is 9.20 Å². The molecule has 6 nitrogen and oxygen atoms in total.